The maximum atomic E-state index is 12.0. The smallest absolute Gasteiger partial charge is 0.336 e. The van der Waals surface area contributed by atoms with Crippen LogP contribution in [0, 0.1) is 33.8 Å². The average molecular weight is 564 g/mol. The van der Waals surface area contributed by atoms with Gasteiger partial charge in [-0.2, -0.15) is 8.42 Å². The van der Waals surface area contributed by atoms with Crippen LogP contribution in [0.4, 0.5) is 5.69 Å². The molecule has 1 aromatic rings. The average Bonchev–Trinajstić information content (AvgIpc) is 2.88. The highest BCUT2D eigenvalue weighted by molar-refractivity contribution is 7.86. The number of benzene rings is 1. The van der Waals surface area contributed by atoms with Gasteiger partial charge in [0.15, 0.2) is 12.0 Å². The van der Waals surface area contributed by atoms with E-state index in [2.05, 4.69) is 18.9 Å². The van der Waals surface area contributed by atoms with Crippen LogP contribution < -0.4 is 0 Å². The lowest BCUT2D eigenvalue weighted by Crippen LogP contribution is -2.40. The summed E-state index contributed by atoms with van der Waals surface area (Å²) in [5.41, 5.74) is -0.248. The van der Waals surface area contributed by atoms with Gasteiger partial charge in [0.2, 0.25) is 0 Å². The first-order valence-corrected chi connectivity index (χ1v) is 12.5. The number of esters is 4. The Morgan fingerprint density at radius 1 is 0.737 bits per heavy atom. The van der Waals surface area contributed by atoms with Gasteiger partial charge in [0, 0.05) is 12.1 Å². The third-order valence-corrected chi connectivity index (χ3v) is 6.38. The third kappa shape index (κ3) is 9.70. The Kier molecular flexibility index (Phi) is 14.1. The van der Waals surface area contributed by atoms with Gasteiger partial charge in [0.25, 0.3) is 15.8 Å². The third-order valence-electron chi connectivity index (χ3n) is 5.07. The number of nitro benzene ring substituents is 1. The minimum absolute atomic E-state index is 0.248. The molecule has 0 aliphatic carbocycles. The van der Waals surface area contributed by atoms with E-state index in [-0.39, 0.29) is 16.5 Å². The molecular weight excluding hydrogens is 530 g/mol. The van der Waals surface area contributed by atoms with E-state index in [1.807, 2.05) is 0 Å². The summed E-state index contributed by atoms with van der Waals surface area (Å²) in [6, 6.07) is 4.17. The summed E-state index contributed by atoms with van der Waals surface area (Å²) in [5, 5.41) is 10.5. The van der Waals surface area contributed by atoms with Crippen molar-refractivity contribution < 1.29 is 55.6 Å². The number of carbonyl (C=O) groups excluding carboxylic acids is 4. The van der Waals surface area contributed by atoms with Gasteiger partial charge in [-0.15, -0.1) is 0 Å². The zero-order valence-electron chi connectivity index (χ0n) is 22.4. The highest BCUT2D eigenvalue weighted by atomic mass is 32.2. The molecule has 15 heteroatoms. The van der Waals surface area contributed by atoms with Crippen LogP contribution >= 0.6 is 0 Å². The van der Waals surface area contributed by atoms with Gasteiger partial charge in [-0.05, 0) is 24.0 Å². The van der Waals surface area contributed by atoms with Gasteiger partial charge in [-0.1, -0.05) is 27.7 Å². The molecule has 1 unspecified atom stereocenters. The molecule has 2 atom stereocenters. The topological polar surface area (TPSA) is 192 Å². The minimum Gasteiger partial charge on any atom is -0.469 e. The second-order valence-electron chi connectivity index (χ2n) is 8.31. The fourth-order valence-electron chi connectivity index (χ4n) is 3.04. The molecule has 0 aromatic heterocycles. The predicted octanol–water partition coefficient (Wildman–Crippen LogP) is 1.89. The number of nitrogens with zero attached hydrogens (tertiary/aromatic N) is 1. The fourth-order valence-corrected chi connectivity index (χ4v) is 4.19. The van der Waals surface area contributed by atoms with Crippen LogP contribution in [-0.2, 0) is 52.4 Å². The largest absolute Gasteiger partial charge is 0.469 e. The van der Waals surface area contributed by atoms with Gasteiger partial charge in [-0.25, -0.2) is 4.79 Å². The zero-order valence-corrected chi connectivity index (χ0v) is 23.2. The molecule has 38 heavy (non-hydrogen) atoms. The first kappa shape index (κ1) is 34.4. The molecule has 214 valence electrons. The molecule has 0 aliphatic rings. The molecule has 0 amide bonds. The second kappa shape index (κ2) is 15.6. The van der Waals surface area contributed by atoms with Crippen molar-refractivity contribution in [3.63, 3.8) is 0 Å². The minimum atomic E-state index is -4.23. The maximum absolute atomic E-state index is 12.0. The van der Waals surface area contributed by atoms with Crippen LogP contribution in [0.3, 0.4) is 0 Å². The molecule has 1 aromatic carbocycles. The van der Waals surface area contributed by atoms with E-state index in [9.17, 15) is 37.7 Å². The summed E-state index contributed by atoms with van der Waals surface area (Å²) in [6.45, 7) is 6.63. The summed E-state index contributed by atoms with van der Waals surface area (Å²) >= 11 is 0. The number of carbonyl (C=O) groups is 4. The molecule has 0 aliphatic heterocycles. The molecule has 14 nitrogen and oxygen atoms in total. The van der Waals surface area contributed by atoms with Crippen molar-refractivity contribution in [1.29, 1.82) is 0 Å². The van der Waals surface area contributed by atoms with Crippen molar-refractivity contribution in [1.82, 2.24) is 0 Å². The molecule has 0 fully saturated rings. The summed E-state index contributed by atoms with van der Waals surface area (Å²) < 4.78 is 47.1. The van der Waals surface area contributed by atoms with Gasteiger partial charge < -0.3 is 18.9 Å². The summed E-state index contributed by atoms with van der Waals surface area (Å²) in [5.74, 6) is -5.95. The number of methoxy groups -OCH3 is 4. The van der Waals surface area contributed by atoms with Crippen LogP contribution in [0.5, 0.6) is 0 Å². The molecular formula is C23H33NO13S. The highest BCUT2D eigenvalue weighted by Gasteiger charge is 2.43. The Morgan fingerprint density at radius 2 is 1.16 bits per heavy atom. The standard InChI is InChI=1S/C12H15NO7S.C11H18O6/c1-8(2)11(12(14)19-3)20-21(17,18)10-6-4-9(5-7-10)13(15)16;1-6(2)7(9(12)15-3)8(10(13)16-4)11(14)17-5/h4-8,11H,1-3H3;6-8H,1-5H3/t;7-/m.1/s1. The van der Waals surface area contributed by atoms with Crippen molar-refractivity contribution in [2.24, 2.45) is 23.7 Å². The van der Waals surface area contributed by atoms with E-state index in [0.717, 1.165) is 45.6 Å². The fraction of sp³-hybridized carbons (Fsp3) is 0.565. The highest BCUT2D eigenvalue weighted by Crippen LogP contribution is 2.25. The van der Waals surface area contributed by atoms with E-state index in [0.29, 0.717) is 0 Å². The Bertz CT molecular complexity index is 1070. The number of nitro groups is 1. The van der Waals surface area contributed by atoms with Crippen LogP contribution in [0.25, 0.3) is 0 Å². The molecule has 0 saturated carbocycles. The van der Waals surface area contributed by atoms with E-state index in [1.54, 1.807) is 27.7 Å². The normalized spacial score (nSPS) is 12.6. The van der Waals surface area contributed by atoms with Crippen molar-refractivity contribution in [2.75, 3.05) is 28.4 Å². The van der Waals surface area contributed by atoms with Crippen molar-refractivity contribution in [3.05, 3.63) is 34.4 Å². The lowest BCUT2D eigenvalue weighted by Gasteiger charge is -2.23. The van der Waals surface area contributed by atoms with Crippen molar-refractivity contribution >= 4 is 39.7 Å². The Morgan fingerprint density at radius 3 is 1.47 bits per heavy atom. The SMILES string of the molecule is COC(=O)C(C(=O)OC)[C@H](C(=O)OC)C(C)C.COC(=O)C(OS(=O)(=O)c1ccc([N+](=O)[O-])cc1)C(C)C. The molecule has 0 spiro atoms. The van der Waals surface area contributed by atoms with Gasteiger partial charge in [0.1, 0.15) is 0 Å². The predicted molar refractivity (Wildman–Crippen MR) is 130 cm³/mol. The summed E-state index contributed by atoms with van der Waals surface area (Å²) in [7, 11) is 0.388. The zero-order chi connectivity index (χ0) is 29.8. The maximum Gasteiger partial charge on any atom is 0.336 e. The van der Waals surface area contributed by atoms with Crippen LogP contribution in [0.1, 0.15) is 27.7 Å². The first-order chi connectivity index (χ1) is 17.6. The number of non-ortho nitro benzene ring substituents is 1. The van der Waals surface area contributed by atoms with E-state index < -0.39 is 62.8 Å². The summed E-state index contributed by atoms with van der Waals surface area (Å²) in [4.78, 5) is 55.8. The van der Waals surface area contributed by atoms with Gasteiger partial charge in [0.05, 0.1) is 44.2 Å². The number of ether oxygens (including phenoxy) is 4. The summed E-state index contributed by atoms with van der Waals surface area (Å²) in [6.07, 6.45) is -1.28. The van der Waals surface area contributed by atoms with Crippen molar-refractivity contribution in [2.45, 2.75) is 38.7 Å². The van der Waals surface area contributed by atoms with Crippen LogP contribution in [0.2, 0.25) is 0 Å². The molecule has 0 saturated heterocycles. The first-order valence-electron chi connectivity index (χ1n) is 11.1. The number of hydrogen-bond acceptors (Lipinski definition) is 13. The molecule has 0 N–H and O–H groups in total. The molecule has 1 rings (SSSR count). The molecule has 0 bridgehead atoms. The van der Waals surface area contributed by atoms with Crippen LogP contribution in [0.15, 0.2) is 29.2 Å². The van der Waals surface area contributed by atoms with Gasteiger partial charge >= 0.3 is 23.9 Å². The van der Waals surface area contributed by atoms with E-state index in [1.165, 1.54) is 7.11 Å². The number of rotatable bonds is 11. The Labute approximate surface area is 220 Å². The monoisotopic (exact) mass is 563 g/mol. The second-order valence-corrected chi connectivity index (χ2v) is 9.88. The van der Waals surface area contributed by atoms with E-state index >= 15 is 0 Å². The molecule has 0 heterocycles. The Hall–Kier alpha value is -3.59. The van der Waals surface area contributed by atoms with E-state index in [4.69, 9.17) is 4.18 Å². The Balaban J connectivity index is 0.000000739. The molecule has 0 radical (unpaired) electrons. The lowest BCUT2D eigenvalue weighted by atomic mass is 9.83. The van der Waals surface area contributed by atoms with Crippen molar-refractivity contribution in [3.8, 4) is 0 Å². The number of hydrogen-bond donors (Lipinski definition) is 0. The lowest BCUT2D eigenvalue weighted by molar-refractivity contribution is -0.384. The quantitative estimate of drug-likeness (QED) is 0.0947. The van der Waals surface area contributed by atoms with Crippen LogP contribution in [-0.4, -0.2) is 71.8 Å². The van der Waals surface area contributed by atoms with Gasteiger partial charge in [-0.3, -0.25) is 28.7 Å².